The minimum Gasteiger partial charge on any atom is -0.475 e. The number of likely N-dealkylation sites (tertiary alicyclic amines) is 1. The van der Waals surface area contributed by atoms with Crippen molar-refractivity contribution in [2.45, 2.75) is 20.3 Å². The third kappa shape index (κ3) is 2.30. The lowest BCUT2D eigenvalue weighted by Crippen LogP contribution is -2.30. The number of carbonyl (C=O) groups is 2. The molecule has 6 heteroatoms. The molecule has 6 nitrogen and oxygen atoms in total. The molecule has 92 valence electrons. The van der Waals surface area contributed by atoms with E-state index in [1.807, 2.05) is 0 Å². The average molecular weight is 238 g/mol. The molecule has 0 aromatic carbocycles. The summed E-state index contributed by atoms with van der Waals surface area (Å²) in [5.74, 6) is -1.81. The fraction of sp³-hybridized carbons (Fsp3) is 0.545. The van der Waals surface area contributed by atoms with Gasteiger partial charge in [0.2, 0.25) is 5.76 Å². The number of hydrogen-bond donors (Lipinski definition) is 1. The number of carboxylic acid groups (broad SMARTS) is 1. The first-order valence-corrected chi connectivity index (χ1v) is 5.38. The molecule has 0 saturated carbocycles. The standard InChI is InChI=1S/C11H14N2O4/c1-11(2)3-4-13(6-11)9(14)7-5-8(10(15)16)17-12-7/h5H,3-4,6H2,1-2H3,(H,15,16). The molecule has 1 fully saturated rings. The lowest BCUT2D eigenvalue weighted by Gasteiger charge is -2.18. The van der Waals surface area contributed by atoms with E-state index in [9.17, 15) is 9.59 Å². The zero-order valence-electron chi connectivity index (χ0n) is 9.77. The van der Waals surface area contributed by atoms with Gasteiger partial charge in [0.05, 0.1) is 0 Å². The summed E-state index contributed by atoms with van der Waals surface area (Å²) in [6, 6.07) is 1.16. The van der Waals surface area contributed by atoms with Crippen LogP contribution in [0.5, 0.6) is 0 Å². The predicted octanol–water partition coefficient (Wildman–Crippen LogP) is 1.24. The van der Waals surface area contributed by atoms with Crippen molar-refractivity contribution in [1.82, 2.24) is 10.1 Å². The molecule has 1 saturated heterocycles. The molecule has 0 spiro atoms. The summed E-state index contributed by atoms with van der Waals surface area (Å²) in [6.07, 6.45) is 0.933. The van der Waals surface area contributed by atoms with Crippen LogP contribution in [-0.2, 0) is 0 Å². The molecule has 0 aliphatic carbocycles. The third-order valence-electron chi connectivity index (χ3n) is 2.90. The fourth-order valence-electron chi connectivity index (χ4n) is 1.92. The molecule has 0 radical (unpaired) electrons. The molecule has 0 bridgehead atoms. The minimum absolute atomic E-state index is 0.0556. The summed E-state index contributed by atoms with van der Waals surface area (Å²) in [5.41, 5.74) is 0.162. The van der Waals surface area contributed by atoms with E-state index in [1.165, 1.54) is 0 Å². The summed E-state index contributed by atoms with van der Waals surface area (Å²) < 4.78 is 4.56. The van der Waals surface area contributed by atoms with Gasteiger partial charge >= 0.3 is 5.97 Å². The quantitative estimate of drug-likeness (QED) is 0.838. The van der Waals surface area contributed by atoms with E-state index in [4.69, 9.17) is 5.11 Å². The van der Waals surface area contributed by atoms with Crippen LogP contribution in [0.2, 0.25) is 0 Å². The number of hydrogen-bond acceptors (Lipinski definition) is 4. The van der Waals surface area contributed by atoms with E-state index in [2.05, 4.69) is 23.5 Å². The molecule has 2 rings (SSSR count). The largest absolute Gasteiger partial charge is 0.475 e. The van der Waals surface area contributed by atoms with E-state index in [-0.39, 0.29) is 22.8 Å². The second-order valence-electron chi connectivity index (χ2n) is 5.02. The first-order chi connectivity index (χ1) is 7.89. The van der Waals surface area contributed by atoms with Gasteiger partial charge in [-0.1, -0.05) is 19.0 Å². The fourth-order valence-corrected chi connectivity index (χ4v) is 1.92. The van der Waals surface area contributed by atoms with Crippen molar-refractivity contribution in [2.24, 2.45) is 5.41 Å². The summed E-state index contributed by atoms with van der Waals surface area (Å²) in [6.45, 7) is 5.50. The molecule has 0 unspecified atom stereocenters. The average Bonchev–Trinajstić information content (AvgIpc) is 2.83. The van der Waals surface area contributed by atoms with E-state index < -0.39 is 5.97 Å². The molecule has 0 atom stereocenters. The van der Waals surface area contributed by atoms with Crippen LogP contribution in [0, 0.1) is 5.41 Å². The second kappa shape index (κ2) is 3.87. The van der Waals surface area contributed by atoms with Gasteiger partial charge in [0.25, 0.3) is 5.91 Å². The van der Waals surface area contributed by atoms with Crippen LogP contribution < -0.4 is 0 Å². The third-order valence-corrected chi connectivity index (χ3v) is 2.90. The highest BCUT2D eigenvalue weighted by atomic mass is 16.5. The summed E-state index contributed by atoms with van der Waals surface area (Å²) in [7, 11) is 0. The summed E-state index contributed by atoms with van der Waals surface area (Å²) in [5, 5.41) is 12.2. The topological polar surface area (TPSA) is 83.6 Å². The van der Waals surface area contributed by atoms with E-state index in [1.54, 1.807) is 4.90 Å². The van der Waals surface area contributed by atoms with Crippen molar-refractivity contribution in [3.8, 4) is 0 Å². The minimum atomic E-state index is -1.22. The van der Waals surface area contributed by atoms with Crippen molar-refractivity contribution < 1.29 is 19.2 Å². The highest BCUT2D eigenvalue weighted by Crippen LogP contribution is 2.29. The monoisotopic (exact) mass is 238 g/mol. The van der Waals surface area contributed by atoms with Gasteiger partial charge < -0.3 is 14.5 Å². The number of nitrogens with zero attached hydrogens (tertiary/aromatic N) is 2. The Hall–Kier alpha value is -1.85. The van der Waals surface area contributed by atoms with Crippen molar-refractivity contribution in [3.63, 3.8) is 0 Å². The Morgan fingerprint density at radius 3 is 2.71 bits per heavy atom. The number of aromatic nitrogens is 1. The second-order valence-corrected chi connectivity index (χ2v) is 5.02. The Morgan fingerprint density at radius 2 is 2.24 bits per heavy atom. The molecule has 2 heterocycles. The Kier molecular flexibility index (Phi) is 2.65. The Labute approximate surface area is 98.2 Å². The van der Waals surface area contributed by atoms with Gasteiger partial charge in [0.1, 0.15) is 0 Å². The van der Waals surface area contributed by atoms with Gasteiger partial charge in [0, 0.05) is 19.2 Å². The first kappa shape index (κ1) is 11.6. The first-order valence-electron chi connectivity index (χ1n) is 5.38. The van der Waals surface area contributed by atoms with Gasteiger partial charge in [-0.15, -0.1) is 0 Å². The molecule has 1 aromatic heterocycles. The molecule has 1 amide bonds. The van der Waals surface area contributed by atoms with E-state index in [0.29, 0.717) is 13.1 Å². The van der Waals surface area contributed by atoms with Crippen LogP contribution in [0.1, 0.15) is 41.3 Å². The molecule has 1 aromatic rings. The number of carboxylic acids is 1. The number of carbonyl (C=O) groups excluding carboxylic acids is 1. The smallest absolute Gasteiger partial charge is 0.374 e. The van der Waals surface area contributed by atoms with Gasteiger partial charge in [0.15, 0.2) is 5.69 Å². The Bertz CT molecular complexity index is 464. The van der Waals surface area contributed by atoms with E-state index >= 15 is 0 Å². The van der Waals surface area contributed by atoms with Crippen LogP contribution >= 0.6 is 0 Å². The molecule has 1 aliphatic rings. The molecule has 17 heavy (non-hydrogen) atoms. The van der Waals surface area contributed by atoms with Crippen molar-refractivity contribution in [3.05, 3.63) is 17.5 Å². The molecular formula is C11H14N2O4. The van der Waals surface area contributed by atoms with Crippen molar-refractivity contribution >= 4 is 11.9 Å². The SMILES string of the molecule is CC1(C)CCN(C(=O)c2cc(C(=O)O)on2)C1. The normalized spacial score (nSPS) is 18.4. The number of amides is 1. The lowest BCUT2D eigenvalue weighted by molar-refractivity contribution is 0.0649. The highest BCUT2D eigenvalue weighted by Gasteiger charge is 2.33. The molecular weight excluding hydrogens is 224 g/mol. The van der Waals surface area contributed by atoms with E-state index in [0.717, 1.165) is 12.5 Å². The summed E-state index contributed by atoms with van der Waals surface area (Å²) in [4.78, 5) is 24.3. The van der Waals surface area contributed by atoms with Gasteiger partial charge in [-0.25, -0.2) is 4.79 Å². The maximum Gasteiger partial charge on any atom is 0.374 e. The van der Waals surface area contributed by atoms with Gasteiger partial charge in [-0.3, -0.25) is 4.79 Å². The zero-order chi connectivity index (χ0) is 12.6. The number of rotatable bonds is 2. The predicted molar refractivity (Wildman–Crippen MR) is 57.8 cm³/mol. The van der Waals surface area contributed by atoms with Crippen LogP contribution in [0.4, 0.5) is 0 Å². The van der Waals surface area contributed by atoms with Gasteiger partial charge in [-0.05, 0) is 11.8 Å². The highest BCUT2D eigenvalue weighted by molar-refractivity contribution is 5.95. The summed E-state index contributed by atoms with van der Waals surface area (Å²) >= 11 is 0. The van der Waals surface area contributed by atoms with Crippen LogP contribution in [0.25, 0.3) is 0 Å². The number of aromatic carboxylic acids is 1. The van der Waals surface area contributed by atoms with Crippen LogP contribution in [0.15, 0.2) is 10.6 Å². The van der Waals surface area contributed by atoms with Crippen LogP contribution in [0.3, 0.4) is 0 Å². The molecule has 1 N–H and O–H groups in total. The Balaban J connectivity index is 2.12. The van der Waals surface area contributed by atoms with Crippen molar-refractivity contribution in [2.75, 3.05) is 13.1 Å². The maximum atomic E-state index is 12.0. The lowest BCUT2D eigenvalue weighted by atomic mass is 9.93. The Morgan fingerprint density at radius 1 is 1.53 bits per heavy atom. The zero-order valence-corrected chi connectivity index (χ0v) is 9.77. The van der Waals surface area contributed by atoms with Crippen molar-refractivity contribution in [1.29, 1.82) is 0 Å². The van der Waals surface area contributed by atoms with Gasteiger partial charge in [-0.2, -0.15) is 0 Å². The maximum absolute atomic E-state index is 12.0. The van der Waals surface area contributed by atoms with Crippen LogP contribution in [-0.4, -0.2) is 40.1 Å². The molecule has 1 aliphatic heterocycles.